The molecule has 2 heteroatoms. The van der Waals surface area contributed by atoms with E-state index in [0.717, 1.165) is 13.1 Å². The number of allylic oxidation sites excluding steroid dienone is 2. The molecule has 0 radical (unpaired) electrons. The van der Waals surface area contributed by atoms with Crippen molar-refractivity contribution in [3.8, 4) is 0 Å². The van der Waals surface area contributed by atoms with Crippen molar-refractivity contribution in [3.63, 3.8) is 0 Å². The molecule has 2 nitrogen and oxygen atoms in total. The summed E-state index contributed by atoms with van der Waals surface area (Å²) in [6.45, 7) is 6.72. The molecule has 0 aromatic heterocycles. The molecule has 0 unspecified atom stereocenters. The highest BCUT2D eigenvalue weighted by molar-refractivity contribution is 5.56. The van der Waals surface area contributed by atoms with Crippen LogP contribution in [0.1, 0.15) is 13.8 Å². The summed E-state index contributed by atoms with van der Waals surface area (Å²) < 4.78 is 0. The second-order valence-corrected chi connectivity index (χ2v) is 3.29. The maximum Gasteiger partial charge on any atom is 0.0601 e. The summed E-state index contributed by atoms with van der Waals surface area (Å²) in [5.41, 5.74) is 2.93. The molecule has 0 heterocycles. The lowest BCUT2D eigenvalue weighted by Crippen LogP contribution is -2.34. The molecule has 2 aliphatic carbocycles. The van der Waals surface area contributed by atoms with Crippen LogP contribution in [0.4, 0.5) is 0 Å². The van der Waals surface area contributed by atoms with Gasteiger partial charge in [0.1, 0.15) is 0 Å². The van der Waals surface area contributed by atoms with Crippen LogP contribution in [0.25, 0.3) is 0 Å². The van der Waals surface area contributed by atoms with Crippen molar-refractivity contribution in [2.75, 3.05) is 13.1 Å². The van der Waals surface area contributed by atoms with Gasteiger partial charge in [-0.25, -0.2) is 0 Å². The van der Waals surface area contributed by atoms with Gasteiger partial charge < -0.3 is 5.48 Å². The molecule has 2 bridgehead atoms. The third-order valence-corrected chi connectivity index (χ3v) is 2.75. The fourth-order valence-electron chi connectivity index (χ4n) is 2.06. The maximum absolute atomic E-state index is 2.49. The molecule has 72 valence electrons. The van der Waals surface area contributed by atoms with Crippen molar-refractivity contribution in [2.45, 2.75) is 19.9 Å². The molecule has 0 spiro atoms. The van der Waals surface area contributed by atoms with Crippen LogP contribution in [-0.2, 0) is 0 Å². The second kappa shape index (κ2) is 3.90. The number of nitrogens with zero attached hydrogens (tertiary/aromatic N) is 1. The minimum absolute atomic E-state index is 0. The lowest BCUT2D eigenvalue weighted by molar-refractivity contribution is 0.281. The molecular formula is C11H17NO. The third-order valence-electron chi connectivity index (χ3n) is 2.75. The Morgan fingerprint density at radius 2 is 1.54 bits per heavy atom. The highest BCUT2D eigenvalue weighted by atomic mass is 16.0. The Balaban J connectivity index is 0.000000845. The predicted octanol–water partition coefficient (Wildman–Crippen LogP) is 1.31. The molecule has 0 aliphatic heterocycles. The molecule has 0 fully saturated rings. The fraction of sp³-hybridized carbons (Fsp3) is 0.455. The average Bonchev–Trinajstić information content (AvgIpc) is 2.68. The van der Waals surface area contributed by atoms with E-state index in [-0.39, 0.29) is 5.48 Å². The van der Waals surface area contributed by atoms with E-state index in [1.807, 2.05) is 0 Å². The summed E-state index contributed by atoms with van der Waals surface area (Å²) in [6.07, 6.45) is 8.94. The lowest BCUT2D eigenvalue weighted by atomic mass is 10.1. The summed E-state index contributed by atoms with van der Waals surface area (Å²) in [4.78, 5) is 2.49. The zero-order valence-electron chi connectivity index (χ0n) is 8.25. The molecule has 0 aromatic carbocycles. The van der Waals surface area contributed by atoms with Crippen LogP contribution in [-0.4, -0.2) is 29.5 Å². The molecule has 2 aliphatic rings. The van der Waals surface area contributed by atoms with E-state index < -0.39 is 0 Å². The van der Waals surface area contributed by atoms with E-state index in [1.54, 1.807) is 0 Å². The Hall–Kier alpha value is -0.860. The minimum atomic E-state index is 0. The van der Waals surface area contributed by atoms with Crippen molar-refractivity contribution < 1.29 is 5.48 Å². The van der Waals surface area contributed by atoms with Gasteiger partial charge in [0.15, 0.2) is 0 Å². The molecule has 0 atom stereocenters. The highest BCUT2D eigenvalue weighted by Crippen LogP contribution is 2.32. The Kier molecular flexibility index (Phi) is 3.07. The number of rotatable bonds is 3. The van der Waals surface area contributed by atoms with Crippen LogP contribution in [0.5, 0.6) is 0 Å². The molecule has 13 heavy (non-hydrogen) atoms. The maximum atomic E-state index is 2.49. The van der Waals surface area contributed by atoms with Gasteiger partial charge in [-0.1, -0.05) is 38.2 Å². The van der Waals surface area contributed by atoms with Gasteiger partial charge in [0, 0.05) is 0 Å². The van der Waals surface area contributed by atoms with Gasteiger partial charge in [0.25, 0.3) is 0 Å². The summed E-state index contributed by atoms with van der Waals surface area (Å²) in [5, 5.41) is 0. The largest absolute Gasteiger partial charge is 0.412 e. The van der Waals surface area contributed by atoms with E-state index in [9.17, 15) is 0 Å². The number of hydrogen-bond acceptors (Lipinski definition) is 1. The van der Waals surface area contributed by atoms with E-state index in [2.05, 4.69) is 43.1 Å². The van der Waals surface area contributed by atoms with Gasteiger partial charge in [-0.05, 0) is 24.2 Å². The number of fused-ring (bicyclic) bond motifs is 2. The van der Waals surface area contributed by atoms with Crippen molar-refractivity contribution in [2.24, 2.45) is 0 Å². The zero-order chi connectivity index (χ0) is 8.55. The van der Waals surface area contributed by atoms with E-state index in [4.69, 9.17) is 0 Å². The molecule has 0 saturated carbocycles. The summed E-state index contributed by atoms with van der Waals surface area (Å²) in [6, 6.07) is 0.583. The van der Waals surface area contributed by atoms with Gasteiger partial charge >= 0.3 is 0 Å². The molecule has 0 amide bonds. The molecular weight excluding hydrogens is 162 g/mol. The van der Waals surface area contributed by atoms with E-state index in [1.165, 1.54) is 11.1 Å². The Bertz CT molecular complexity index is 250. The third kappa shape index (κ3) is 1.47. The average molecular weight is 179 g/mol. The van der Waals surface area contributed by atoms with Crippen molar-refractivity contribution in [1.82, 2.24) is 4.90 Å². The van der Waals surface area contributed by atoms with Crippen LogP contribution < -0.4 is 0 Å². The first-order valence-corrected chi connectivity index (χ1v) is 4.70. The summed E-state index contributed by atoms with van der Waals surface area (Å²) in [7, 11) is 0. The molecule has 2 N–H and O–H groups in total. The van der Waals surface area contributed by atoms with Crippen LogP contribution in [0.3, 0.4) is 0 Å². The molecule has 0 saturated heterocycles. The normalized spacial score (nSPS) is 19.0. The Morgan fingerprint density at radius 1 is 1.08 bits per heavy atom. The fourth-order valence-corrected chi connectivity index (χ4v) is 2.06. The minimum Gasteiger partial charge on any atom is -0.412 e. The van der Waals surface area contributed by atoms with Gasteiger partial charge in [-0.15, -0.1) is 0 Å². The topological polar surface area (TPSA) is 34.7 Å². The first kappa shape index (κ1) is 10.2. The summed E-state index contributed by atoms with van der Waals surface area (Å²) in [5.74, 6) is 0. The quantitative estimate of drug-likeness (QED) is 0.643. The Morgan fingerprint density at radius 3 is 1.85 bits per heavy atom. The van der Waals surface area contributed by atoms with Gasteiger partial charge in [-0.2, -0.15) is 0 Å². The highest BCUT2D eigenvalue weighted by Gasteiger charge is 2.28. The lowest BCUT2D eigenvalue weighted by Gasteiger charge is -2.26. The number of likely N-dealkylation sites (N-methyl/N-ethyl adjacent to an activating group) is 1. The van der Waals surface area contributed by atoms with E-state index in [0.29, 0.717) is 6.04 Å². The second-order valence-electron chi connectivity index (χ2n) is 3.29. The SMILES string of the molecule is CCN(CC)C1C2=CC=C1C=C2.O. The first-order valence-electron chi connectivity index (χ1n) is 4.70. The molecule has 2 rings (SSSR count). The van der Waals surface area contributed by atoms with Crippen molar-refractivity contribution >= 4 is 0 Å². The van der Waals surface area contributed by atoms with Crippen molar-refractivity contribution in [1.29, 1.82) is 0 Å². The van der Waals surface area contributed by atoms with Crippen LogP contribution >= 0.6 is 0 Å². The number of hydrogen-bond donors (Lipinski definition) is 0. The van der Waals surface area contributed by atoms with E-state index >= 15 is 0 Å². The smallest absolute Gasteiger partial charge is 0.0601 e. The zero-order valence-corrected chi connectivity index (χ0v) is 8.25. The van der Waals surface area contributed by atoms with Crippen LogP contribution in [0.2, 0.25) is 0 Å². The van der Waals surface area contributed by atoms with Crippen LogP contribution in [0.15, 0.2) is 35.5 Å². The van der Waals surface area contributed by atoms with Gasteiger partial charge in [-0.3, -0.25) is 4.90 Å². The van der Waals surface area contributed by atoms with Gasteiger partial charge in [0.05, 0.1) is 6.04 Å². The van der Waals surface area contributed by atoms with Crippen LogP contribution in [0, 0.1) is 0 Å². The first-order chi connectivity index (χ1) is 5.86. The predicted molar refractivity (Wildman–Crippen MR) is 55.6 cm³/mol. The standard InChI is InChI=1S/C11H15N.H2O/c1-3-12(4-2)11-9-5-6-10(11)8-7-9;/h5-8,11H,3-4H2,1-2H3;1H2. The van der Waals surface area contributed by atoms with Crippen molar-refractivity contribution in [3.05, 3.63) is 35.5 Å². The summed E-state index contributed by atoms with van der Waals surface area (Å²) >= 11 is 0. The Labute approximate surface area is 79.5 Å². The monoisotopic (exact) mass is 179 g/mol. The van der Waals surface area contributed by atoms with Gasteiger partial charge in [0.2, 0.25) is 0 Å². The molecule has 0 aromatic rings.